The highest BCUT2D eigenvalue weighted by Crippen LogP contribution is 2.35. The standard InChI is InChI=1S/C21H19N5O5/c1-14-3-2-4-15(9-14)11-25-19(7-8-22-25)23-20(27)12-24-17-10-16(26(29)30)5-6-18(17)31-13-21(24)28/h2-10H,11-13H2,1H3,(H,23,27). The Hall–Kier alpha value is -4.21. The van der Waals surface area contributed by atoms with Crippen LogP contribution in [0, 0.1) is 17.0 Å². The molecule has 0 saturated heterocycles. The number of anilines is 2. The number of carbonyl (C=O) groups is 2. The van der Waals surface area contributed by atoms with Gasteiger partial charge in [-0.1, -0.05) is 29.8 Å². The molecule has 2 heterocycles. The summed E-state index contributed by atoms with van der Waals surface area (Å²) < 4.78 is 6.97. The Morgan fingerprint density at radius 1 is 1.26 bits per heavy atom. The van der Waals surface area contributed by atoms with E-state index in [0.717, 1.165) is 11.1 Å². The van der Waals surface area contributed by atoms with Gasteiger partial charge in [-0.25, -0.2) is 4.68 Å². The van der Waals surface area contributed by atoms with E-state index in [1.165, 1.54) is 23.1 Å². The van der Waals surface area contributed by atoms with Crippen LogP contribution in [0.25, 0.3) is 0 Å². The average Bonchev–Trinajstić information content (AvgIpc) is 3.16. The highest BCUT2D eigenvalue weighted by Gasteiger charge is 2.29. The van der Waals surface area contributed by atoms with E-state index in [1.54, 1.807) is 16.9 Å². The maximum absolute atomic E-state index is 12.7. The second-order valence-corrected chi connectivity index (χ2v) is 7.09. The number of nitro groups is 1. The van der Waals surface area contributed by atoms with Gasteiger partial charge in [0.05, 0.1) is 23.4 Å². The first-order chi connectivity index (χ1) is 14.9. The lowest BCUT2D eigenvalue weighted by atomic mass is 10.1. The number of fused-ring (bicyclic) bond motifs is 1. The van der Waals surface area contributed by atoms with Crippen LogP contribution in [0.3, 0.4) is 0 Å². The third kappa shape index (κ3) is 4.37. The lowest BCUT2D eigenvalue weighted by Crippen LogP contribution is -2.43. The molecule has 31 heavy (non-hydrogen) atoms. The number of nitro benzene ring substituents is 1. The Morgan fingerprint density at radius 3 is 2.87 bits per heavy atom. The normalized spacial score (nSPS) is 12.8. The van der Waals surface area contributed by atoms with Crippen LogP contribution in [0.1, 0.15) is 11.1 Å². The van der Waals surface area contributed by atoms with Gasteiger partial charge in [-0.05, 0) is 18.6 Å². The fraction of sp³-hybridized carbons (Fsp3) is 0.190. The zero-order valence-corrected chi connectivity index (χ0v) is 16.6. The van der Waals surface area contributed by atoms with E-state index in [2.05, 4.69) is 10.4 Å². The van der Waals surface area contributed by atoms with Crippen LogP contribution >= 0.6 is 0 Å². The molecule has 1 N–H and O–H groups in total. The van der Waals surface area contributed by atoms with Gasteiger partial charge in [-0.15, -0.1) is 0 Å². The van der Waals surface area contributed by atoms with E-state index in [9.17, 15) is 19.7 Å². The topological polar surface area (TPSA) is 120 Å². The van der Waals surface area contributed by atoms with Crippen molar-refractivity contribution in [2.75, 3.05) is 23.4 Å². The highest BCUT2D eigenvalue weighted by atomic mass is 16.6. The predicted molar refractivity (Wildman–Crippen MR) is 112 cm³/mol. The molecule has 1 aliphatic rings. The van der Waals surface area contributed by atoms with Crippen molar-refractivity contribution >= 4 is 29.0 Å². The molecule has 0 atom stereocenters. The first-order valence-corrected chi connectivity index (χ1v) is 9.49. The number of aryl methyl sites for hydroxylation is 1. The van der Waals surface area contributed by atoms with Crippen molar-refractivity contribution in [3.05, 3.63) is 76.0 Å². The molecule has 4 rings (SSSR count). The van der Waals surface area contributed by atoms with Crippen molar-refractivity contribution in [2.45, 2.75) is 13.5 Å². The summed E-state index contributed by atoms with van der Waals surface area (Å²) in [5.74, 6) is -0.135. The van der Waals surface area contributed by atoms with Crippen molar-refractivity contribution in [1.29, 1.82) is 0 Å². The van der Waals surface area contributed by atoms with Crippen LogP contribution in [0.2, 0.25) is 0 Å². The quantitative estimate of drug-likeness (QED) is 0.482. The molecule has 1 aliphatic heterocycles. The third-order valence-corrected chi connectivity index (χ3v) is 4.80. The molecule has 158 valence electrons. The Bertz CT molecular complexity index is 1170. The van der Waals surface area contributed by atoms with Gasteiger partial charge < -0.3 is 10.1 Å². The SMILES string of the molecule is Cc1cccc(Cn2nccc2NC(=O)CN2C(=O)COc3ccc([N+](=O)[O-])cc32)c1. The predicted octanol–water partition coefficient (Wildman–Crippen LogP) is 2.51. The molecule has 0 radical (unpaired) electrons. The van der Waals surface area contributed by atoms with E-state index in [0.29, 0.717) is 18.1 Å². The summed E-state index contributed by atoms with van der Waals surface area (Å²) in [7, 11) is 0. The van der Waals surface area contributed by atoms with Crippen molar-refractivity contribution in [2.24, 2.45) is 0 Å². The van der Waals surface area contributed by atoms with Crippen LogP contribution < -0.4 is 15.0 Å². The lowest BCUT2D eigenvalue weighted by Gasteiger charge is -2.28. The Balaban J connectivity index is 1.50. The van der Waals surface area contributed by atoms with Gasteiger partial charge in [0.25, 0.3) is 11.6 Å². The number of carbonyl (C=O) groups excluding carboxylic acids is 2. The van der Waals surface area contributed by atoms with E-state index in [-0.39, 0.29) is 24.5 Å². The number of amides is 2. The fourth-order valence-electron chi connectivity index (χ4n) is 3.35. The number of nitrogens with zero attached hydrogens (tertiary/aromatic N) is 4. The van der Waals surface area contributed by atoms with Gasteiger partial charge in [0.15, 0.2) is 6.61 Å². The molecule has 10 heteroatoms. The fourth-order valence-corrected chi connectivity index (χ4v) is 3.35. The molecule has 0 bridgehead atoms. The van der Waals surface area contributed by atoms with Crippen LogP contribution in [0.5, 0.6) is 5.75 Å². The summed E-state index contributed by atoms with van der Waals surface area (Å²) in [6.45, 7) is 1.90. The van der Waals surface area contributed by atoms with E-state index in [4.69, 9.17) is 4.74 Å². The van der Waals surface area contributed by atoms with E-state index < -0.39 is 16.7 Å². The van der Waals surface area contributed by atoms with Crippen LogP contribution in [-0.2, 0) is 16.1 Å². The molecule has 2 amide bonds. The minimum atomic E-state index is -0.568. The Morgan fingerprint density at radius 2 is 2.10 bits per heavy atom. The lowest BCUT2D eigenvalue weighted by molar-refractivity contribution is -0.384. The third-order valence-electron chi connectivity index (χ3n) is 4.80. The Kier molecular flexibility index (Phi) is 5.35. The molecule has 10 nitrogen and oxygen atoms in total. The summed E-state index contributed by atoms with van der Waals surface area (Å²) in [5.41, 5.74) is 2.14. The first-order valence-electron chi connectivity index (χ1n) is 9.49. The number of hydrogen-bond acceptors (Lipinski definition) is 6. The maximum atomic E-state index is 12.7. The number of non-ortho nitro benzene ring substituents is 1. The number of benzene rings is 2. The molecular weight excluding hydrogens is 402 g/mol. The van der Waals surface area contributed by atoms with Crippen LogP contribution in [0.4, 0.5) is 17.2 Å². The molecule has 0 aliphatic carbocycles. The van der Waals surface area contributed by atoms with Crippen LogP contribution in [-0.4, -0.2) is 39.7 Å². The van der Waals surface area contributed by atoms with E-state index >= 15 is 0 Å². The molecule has 0 spiro atoms. The molecule has 0 fully saturated rings. The summed E-state index contributed by atoms with van der Waals surface area (Å²) in [6.07, 6.45) is 1.57. The largest absolute Gasteiger partial charge is 0.482 e. The smallest absolute Gasteiger partial charge is 0.271 e. The minimum Gasteiger partial charge on any atom is -0.482 e. The summed E-state index contributed by atoms with van der Waals surface area (Å²) in [5, 5.41) is 18.1. The molecule has 0 saturated carbocycles. The zero-order valence-electron chi connectivity index (χ0n) is 16.6. The van der Waals surface area contributed by atoms with E-state index in [1.807, 2.05) is 31.2 Å². The van der Waals surface area contributed by atoms with Gasteiger partial charge in [0.2, 0.25) is 5.91 Å². The molecule has 2 aromatic carbocycles. The second kappa shape index (κ2) is 8.27. The molecule has 3 aromatic rings. The van der Waals surface area contributed by atoms with Crippen molar-refractivity contribution in [3.63, 3.8) is 0 Å². The molecular formula is C21H19N5O5. The Labute approximate surface area is 177 Å². The summed E-state index contributed by atoms with van der Waals surface area (Å²) in [4.78, 5) is 36.7. The van der Waals surface area contributed by atoms with Gasteiger partial charge in [0, 0.05) is 18.2 Å². The first kappa shape index (κ1) is 20.1. The van der Waals surface area contributed by atoms with Gasteiger partial charge in [-0.2, -0.15) is 5.10 Å². The zero-order chi connectivity index (χ0) is 22.0. The number of aromatic nitrogens is 2. The monoisotopic (exact) mass is 421 g/mol. The number of ether oxygens (including phenoxy) is 1. The summed E-state index contributed by atoms with van der Waals surface area (Å²) in [6, 6.07) is 13.5. The van der Waals surface area contributed by atoms with Gasteiger partial charge in [-0.3, -0.25) is 24.6 Å². The van der Waals surface area contributed by atoms with Gasteiger partial charge in [0.1, 0.15) is 18.1 Å². The van der Waals surface area contributed by atoms with Crippen LogP contribution in [0.15, 0.2) is 54.7 Å². The van der Waals surface area contributed by atoms with Gasteiger partial charge >= 0.3 is 0 Å². The average molecular weight is 421 g/mol. The molecule has 0 unspecified atom stereocenters. The minimum absolute atomic E-state index is 0.189. The van der Waals surface area contributed by atoms with Crippen molar-refractivity contribution in [1.82, 2.24) is 9.78 Å². The van der Waals surface area contributed by atoms with Crippen molar-refractivity contribution in [3.8, 4) is 5.75 Å². The number of hydrogen-bond donors (Lipinski definition) is 1. The second-order valence-electron chi connectivity index (χ2n) is 7.09. The number of rotatable bonds is 6. The highest BCUT2D eigenvalue weighted by molar-refractivity contribution is 6.05. The summed E-state index contributed by atoms with van der Waals surface area (Å²) >= 11 is 0. The maximum Gasteiger partial charge on any atom is 0.271 e. The van der Waals surface area contributed by atoms with Crippen molar-refractivity contribution < 1.29 is 19.2 Å². The molecule has 1 aromatic heterocycles. The number of nitrogens with one attached hydrogen (secondary N) is 1.